The fourth-order valence-corrected chi connectivity index (χ4v) is 1.56. The number of carbonyl (C=O) groups is 1. The summed E-state index contributed by atoms with van der Waals surface area (Å²) < 4.78 is 5.59. The first-order chi connectivity index (χ1) is 9.06. The molecule has 0 saturated carbocycles. The molecule has 0 spiro atoms. The molecule has 6 nitrogen and oxygen atoms in total. The molecule has 0 fully saturated rings. The molecule has 2 rings (SSSR count). The Hall–Kier alpha value is -2.50. The molecule has 0 bridgehead atoms. The molecule has 0 unspecified atom stereocenters. The molecule has 1 aromatic heterocycles. The lowest BCUT2D eigenvalue weighted by Crippen LogP contribution is -2.08. The first-order valence-electron chi connectivity index (χ1n) is 5.74. The van der Waals surface area contributed by atoms with Crippen molar-refractivity contribution >= 4 is 11.7 Å². The van der Waals surface area contributed by atoms with Gasteiger partial charge in [0.05, 0.1) is 5.69 Å². The molecule has 0 aliphatic heterocycles. The van der Waals surface area contributed by atoms with Crippen molar-refractivity contribution in [2.45, 2.75) is 6.61 Å². The fraction of sp³-hybridized carbons (Fsp3) is 0.231. The summed E-state index contributed by atoms with van der Waals surface area (Å²) in [4.78, 5) is 12.7. The topological polar surface area (TPSA) is 78.4 Å². The van der Waals surface area contributed by atoms with Gasteiger partial charge in [-0.2, -0.15) is 5.10 Å². The molecule has 0 atom stereocenters. The van der Waals surface area contributed by atoms with Crippen LogP contribution >= 0.6 is 0 Å². The van der Waals surface area contributed by atoms with E-state index in [0.29, 0.717) is 5.69 Å². The third kappa shape index (κ3) is 3.25. The maximum absolute atomic E-state index is 10.7. The van der Waals surface area contributed by atoms with Crippen LogP contribution in [0.3, 0.4) is 0 Å². The predicted octanol–water partition coefficient (Wildman–Crippen LogP) is 1.75. The number of rotatable bonds is 5. The van der Waals surface area contributed by atoms with Gasteiger partial charge in [0.2, 0.25) is 0 Å². The number of carboxylic acids is 1. The molecule has 0 aliphatic rings. The number of aromatic carboxylic acids is 1. The van der Waals surface area contributed by atoms with Crippen molar-refractivity contribution in [2.24, 2.45) is 0 Å². The second-order valence-electron chi connectivity index (χ2n) is 4.26. The van der Waals surface area contributed by atoms with Crippen LogP contribution in [0.15, 0.2) is 30.3 Å². The summed E-state index contributed by atoms with van der Waals surface area (Å²) in [6, 6.07) is 9.10. The minimum absolute atomic E-state index is 0.0133. The monoisotopic (exact) mass is 261 g/mol. The van der Waals surface area contributed by atoms with Gasteiger partial charge < -0.3 is 14.7 Å². The highest BCUT2D eigenvalue weighted by atomic mass is 16.5. The quantitative estimate of drug-likeness (QED) is 0.857. The van der Waals surface area contributed by atoms with Crippen LogP contribution in [0.4, 0.5) is 5.69 Å². The van der Waals surface area contributed by atoms with Crippen LogP contribution in [0.5, 0.6) is 5.75 Å². The van der Waals surface area contributed by atoms with Crippen molar-refractivity contribution in [3.63, 3.8) is 0 Å². The van der Waals surface area contributed by atoms with Gasteiger partial charge in [-0.1, -0.05) is 6.07 Å². The molecule has 6 heteroatoms. The highest BCUT2D eigenvalue weighted by molar-refractivity contribution is 5.85. The van der Waals surface area contributed by atoms with Gasteiger partial charge >= 0.3 is 5.97 Å². The number of carboxylic acid groups (broad SMARTS) is 1. The summed E-state index contributed by atoms with van der Waals surface area (Å²) in [6.45, 7) is 0.247. The predicted molar refractivity (Wildman–Crippen MR) is 70.6 cm³/mol. The van der Waals surface area contributed by atoms with E-state index in [0.717, 1.165) is 11.4 Å². The van der Waals surface area contributed by atoms with Crippen molar-refractivity contribution in [1.29, 1.82) is 0 Å². The number of aromatic nitrogens is 2. The van der Waals surface area contributed by atoms with Crippen LogP contribution in [-0.4, -0.2) is 35.4 Å². The van der Waals surface area contributed by atoms with E-state index in [2.05, 4.69) is 10.2 Å². The van der Waals surface area contributed by atoms with Crippen molar-refractivity contribution in [1.82, 2.24) is 10.2 Å². The van der Waals surface area contributed by atoms with Gasteiger partial charge in [0.1, 0.15) is 12.4 Å². The lowest BCUT2D eigenvalue weighted by molar-refractivity contribution is 0.0690. The smallest absolute Gasteiger partial charge is 0.356 e. The Bertz CT molecular complexity index is 578. The number of anilines is 1. The maximum atomic E-state index is 10.7. The van der Waals surface area contributed by atoms with E-state index < -0.39 is 5.97 Å². The van der Waals surface area contributed by atoms with Gasteiger partial charge in [-0.15, -0.1) is 0 Å². The third-order valence-electron chi connectivity index (χ3n) is 2.58. The SMILES string of the molecule is CN(C)c1cccc(OCc2cc(C(=O)O)n[nH]2)c1. The number of nitrogens with one attached hydrogen (secondary N) is 1. The number of hydrogen-bond acceptors (Lipinski definition) is 4. The summed E-state index contributed by atoms with van der Waals surface area (Å²) in [5.74, 6) is -0.338. The second kappa shape index (κ2) is 5.43. The summed E-state index contributed by atoms with van der Waals surface area (Å²) >= 11 is 0. The van der Waals surface area contributed by atoms with Crippen LogP contribution in [-0.2, 0) is 6.61 Å². The maximum Gasteiger partial charge on any atom is 0.356 e. The second-order valence-corrected chi connectivity index (χ2v) is 4.26. The molecular formula is C13H15N3O3. The van der Waals surface area contributed by atoms with Crippen LogP contribution in [0, 0.1) is 0 Å². The Labute approximate surface area is 110 Å². The van der Waals surface area contributed by atoms with Crippen LogP contribution < -0.4 is 9.64 Å². The molecule has 1 heterocycles. The molecule has 0 aliphatic carbocycles. The average Bonchev–Trinajstić information content (AvgIpc) is 2.85. The summed E-state index contributed by atoms with van der Waals surface area (Å²) in [7, 11) is 3.90. The number of aromatic amines is 1. The van der Waals surface area contributed by atoms with Gasteiger partial charge in [0.25, 0.3) is 0 Å². The first kappa shape index (κ1) is 12.9. The number of nitrogens with zero attached hydrogens (tertiary/aromatic N) is 2. The van der Waals surface area contributed by atoms with Crippen molar-refractivity contribution in [3.05, 3.63) is 41.7 Å². The molecule has 2 N–H and O–H groups in total. The molecule has 1 aromatic carbocycles. The van der Waals surface area contributed by atoms with E-state index in [1.54, 1.807) is 0 Å². The zero-order valence-corrected chi connectivity index (χ0v) is 10.8. The highest BCUT2D eigenvalue weighted by Crippen LogP contribution is 2.20. The van der Waals surface area contributed by atoms with E-state index >= 15 is 0 Å². The van der Waals surface area contributed by atoms with E-state index in [1.807, 2.05) is 43.3 Å². The van der Waals surface area contributed by atoms with Crippen LogP contribution in [0.2, 0.25) is 0 Å². The third-order valence-corrected chi connectivity index (χ3v) is 2.58. The van der Waals surface area contributed by atoms with Crippen LogP contribution in [0.1, 0.15) is 16.2 Å². The van der Waals surface area contributed by atoms with Crippen molar-refractivity contribution in [3.8, 4) is 5.75 Å². The van der Waals surface area contributed by atoms with E-state index in [9.17, 15) is 4.79 Å². The lowest BCUT2D eigenvalue weighted by atomic mass is 10.3. The van der Waals surface area contributed by atoms with Gasteiger partial charge in [0, 0.05) is 25.8 Å². The normalized spacial score (nSPS) is 10.2. The van der Waals surface area contributed by atoms with Gasteiger partial charge in [0.15, 0.2) is 5.69 Å². The minimum Gasteiger partial charge on any atom is -0.487 e. The molecule has 2 aromatic rings. The average molecular weight is 261 g/mol. The summed E-state index contributed by atoms with van der Waals surface area (Å²) in [5.41, 5.74) is 1.64. The molecule has 0 amide bonds. The Balaban J connectivity index is 2.01. The summed E-state index contributed by atoms with van der Waals surface area (Å²) in [6.07, 6.45) is 0. The molecule has 0 radical (unpaired) electrons. The molecule has 100 valence electrons. The van der Waals surface area contributed by atoms with Crippen molar-refractivity contribution < 1.29 is 14.6 Å². The number of hydrogen-bond donors (Lipinski definition) is 2. The highest BCUT2D eigenvalue weighted by Gasteiger charge is 2.08. The Kier molecular flexibility index (Phi) is 3.70. The van der Waals surface area contributed by atoms with Crippen molar-refractivity contribution in [2.75, 3.05) is 19.0 Å². The molecular weight excluding hydrogens is 246 g/mol. The Morgan fingerprint density at radius 1 is 1.42 bits per heavy atom. The molecule has 0 saturated heterocycles. The minimum atomic E-state index is -1.06. The fourth-order valence-electron chi connectivity index (χ4n) is 1.56. The van der Waals surface area contributed by atoms with E-state index in [4.69, 9.17) is 9.84 Å². The number of H-pyrrole nitrogens is 1. The van der Waals surface area contributed by atoms with Crippen LogP contribution in [0.25, 0.3) is 0 Å². The van der Waals surface area contributed by atoms with Gasteiger partial charge in [-0.05, 0) is 18.2 Å². The zero-order valence-electron chi connectivity index (χ0n) is 10.8. The zero-order chi connectivity index (χ0) is 13.8. The van der Waals surface area contributed by atoms with Gasteiger partial charge in [-0.25, -0.2) is 4.79 Å². The standard InChI is InChI=1S/C13H15N3O3/c1-16(2)10-4-3-5-11(7-10)19-8-9-6-12(13(17)18)15-14-9/h3-7H,8H2,1-2H3,(H,14,15)(H,17,18). The van der Waals surface area contributed by atoms with Gasteiger partial charge in [-0.3, -0.25) is 5.10 Å². The lowest BCUT2D eigenvalue weighted by Gasteiger charge is -2.13. The summed E-state index contributed by atoms with van der Waals surface area (Å²) in [5, 5.41) is 15.0. The van der Waals surface area contributed by atoms with E-state index in [-0.39, 0.29) is 12.3 Å². The Morgan fingerprint density at radius 2 is 2.21 bits per heavy atom. The largest absolute Gasteiger partial charge is 0.487 e. The molecule has 19 heavy (non-hydrogen) atoms. The number of benzene rings is 1. The first-order valence-corrected chi connectivity index (χ1v) is 5.74. The number of ether oxygens (including phenoxy) is 1. The van der Waals surface area contributed by atoms with E-state index in [1.165, 1.54) is 6.07 Å². The Morgan fingerprint density at radius 3 is 2.84 bits per heavy atom.